The molecule has 2 heterocycles. The SMILES string of the molecule is Nc1ccc(CO)c(Nc2cc(-c3cccnc3)ccn2)c1. The molecule has 0 saturated heterocycles. The van der Waals surface area contributed by atoms with Crippen molar-refractivity contribution in [2.24, 2.45) is 0 Å². The van der Waals surface area contributed by atoms with Crippen molar-refractivity contribution >= 4 is 17.2 Å². The molecular formula is C17H16N4O. The summed E-state index contributed by atoms with van der Waals surface area (Å²) in [4.78, 5) is 8.43. The van der Waals surface area contributed by atoms with Crippen LogP contribution in [0.2, 0.25) is 0 Å². The molecule has 0 aliphatic heterocycles. The number of hydrogen-bond donors (Lipinski definition) is 3. The fraction of sp³-hybridized carbons (Fsp3) is 0.0588. The highest BCUT2D eigenvalue weighted by molar-refractivity contribution is 5.70. The fourth-order valence-electron chi connectivity index (χ4n) is 2.20. The molecule has 0 spiro atoms. The molecule has 1 aromatic carbocycles. The Kier molecular flexibility index (Phi) is 3.98. The summed E-state index contributed by atoms with van der Waals surface area (Å²) < 4.78 is 0. The first kappa shape index (κ1) is 14.0. The summed E-state index contributed by atoms with van der Waals surface area (Å²) in [7, 11) is 0. The van der Waals surface area contributed by atoms with Crippen LogP contribution in [0, 0.1) is 0 Å². The second kappa shape index (κ2) is 6.24. The zero-order chi connectivity index (χ0) is 15.4. The number of aliphatic hydroxyl groups is 1. The van der Waals surface area contributed by atoms with E-state index < -0.39 is 0 Å². The van der Waals surface area contributed by atoms with Crippen molar-refractivity contribution < 1.29 is 5.11 Å². The number of aromatic nitrogens is 2. The third kappa shape index (κ3) is 3.05. The van der Waals surface area contributed by atoms with E-state index in [9.17, 15) is 5.11 Å². The van der Waals surface area contributed by atoms with Crippen LogP contribution < -0.4 is 11.1 Å². The minimum atomic E-state index is -0.0646. The van der Waals surface area contributed by atoms with Gasteiger partial charge in [0.25, 0.3) is 0 Å². The van der Waals surface area contributed by atoms with Gasteiger partial charge in [0.05, 0.1) is 6.61 Å². The van der Waals surface area contributed by atoms with Crippen molar-refractivity contribution in [1.29, 1.82) is 0 Å². The summed E-state index contributed by atoms with van der Waals surface area (Å²) in [6.45, 7) is -0.0646. The van der Waals surface area contributed by atoms with Crippen molar-refractivity contribution in [3.05, 3.63) is 66.6 Å². The van der Waals surface area contributed by atoms with Gasteiger partial charge in [-0.15, -0.1) is 0 Å². The Morgan fingerprint density at radius 3 is 2.73 bits per heavy atom. The lowest BCUT2D eigenvalue weighted by molar-refractivity contribution is 0.282. The Morgan fingerprint density at radius 2 is 1.95 bits per heavy atom. The highest BCUT2D eigenvalue weighted by Crippen LogP contribution is 2.25. The van der Waals surface area contributed by atoms with Crippen LogP contribution >= 0.6 is 0 Å². The van der Waals surface area contributed by atoms with E-state index in [1.54, 1.807) is 36.8 Å². The number of rotatable bonds is 4. The van der Waals surface area contributed by atoms with Gasteiger partial charge in [-0.3, -0.25) is 4.98 Å². The van der Waals surface area contributed by atoms with Crippen LogP contribution in [0.4, 0.5) is 17.2 Å². The van der Waals surface area contributed by atoms with E-state index in [-0.39, 0.29) is 6.61 Å². The van der Waals surface area contributed by atoms with Crippen molar-refractivity contribution in [1.82, 2.24) is 9.97 Å². The van der Waals surface area contributed by atoms with Gasteiger partial charge in [-0.25, -0.2) is 4.98 Å². The summed E-state index contributed by atoms with van der Waals surface area (Å²) in [5, 5.41) is 12.6. The zero-order valence-electron chi connectivity index (χ0n) is 11.9. The van der Waals surface area contributed by atoms with Crippen molar-refractivity contribution in [2.45, 2.75) is 6.61 Å². The summed E-state index contributed by atoms with van der Waals surface area (Å²) in [5.74, 6) is 0.682. The molecule has 4 N–H and O–H groups in total. The van der Waals surface area contributed by atoms with Gasteiger partial charge in [-0.05, 0) is 35.9 Å². The summed E-state index contributed by atoms with van der Waals surface area (Å²) in [6.07, 6.45) is 5.28. The van der Waals surface area contributed by atoms with E-state index in [4.69, 9.17) is 5.73 Å². The molecule has 0 radical (unpaired) electrons. The smallest absolute Gasteiger partial charge is 0.130 e. The van der Waals surface area contributed by atoms with Crippen LogP contribution in [0.25, 0.3) is 11.1 Å². The Morgan fingerprint density at radius 1 is 1.05 bits per heavy atom. The maximum atomic E-state index is 9.41. The Balaban J connectivity index is 1.92. The second-order valence-corrected chi connectivity index (χ2v) is 4.87. The van der Waals surface area contributed by atoms with Crippen molar-refractivity contribution in [2.75, 3.05) is 11.1 Å². The third-order valence-corrected chi connectivity index (χ3v) is 3.32. The summed E-state index contributed by atoms with van der Waals surface area (Å²) in [5.41, 5.74) is 9.98. The molecule has 22 heavy (non-hydrogen) atoms. The Bertz CT molecular complexity index is 775. The third-order valence-electron chi connectivity index (χ3n) is 3.32. The van der Waals surface area contributed by atoms with E-state index >= 15 is 0 Å². The number of nitrogen functional groups attached to an aromatic ring is 1. The fourth-order valence-corrected chi connectivity index (χ4v) is 2.20. The highest BCUT2D eigenvalue weighted by Gasteiger charge is 2.05. The van der Waals surface area contributed by atoms with Crippen LogP contribution in [-0.2, 0) is 6.61 Å². The molecule has 5 nitrogen and oxygen atoms in total. The first-order valence-electron chi connectivity index (χ1n) is 6.89. The Hall–Kier alpha value is -2.92. The predicted octanol–water partition coefficient (Wildman–Crippen LogP) is 2.96. The number of anilines is 3. The number of aliphatic hydroxyl groups excluding tert-OH is 1. The Labute approximate surface area is 128 Å². The molecule has 0 unspecified atom stereocenters. The minimum Gasteiger partial charge on any atom is -0.399 e. The van der Waals surface area contributed by atoms with E-state index in [1.165, 1.54) is 0 Å². The van der Waals surface area contributed by atoms with Crippen molar-refractivity contribution in [3.63, 3.8) is 0 Å². The molecular weight excluding hydrogens is 276 g/mol. The van der Waals surface area contributed by atoms with Crippen LogP contribution in [0.15, 0.2) is 61.1 Å². The summed E-state index contributed by atoms with van der Waals surface area (Å²) >= 11 is 0. The van der Waals surface area contributed by atoms with Gasteiger partial charge in [0.1, 0.15) is 5.82 Å². The van der Waals surface area contributed by atoms with Crippen LogP contribution in [0.5, 0.6) is 0 Å². The van der Waals surface area contributed by atoms with Gasteiger partial charge < -0.3 is 16.2 Å². The highest BCUT2D eigenvalue weighted by atomic mass is 16.3. The topological polar surface area (TPSA) is 84.1 Å². The number of nitrogens with zero attached hydrogens (tertiary/aromatic N) is 2. The number of benzene rings is 1. The molecule has 2 aromatic heterocycles. The van der Waals surface area contributed by atoms with Gasteiger partial charge in [0.2, 0.25) is 0 Å². The number of nitrogens with one attached hydrogen (secondary N) is 1. The maximum Gasteiger partial charge on any atom is 0.130 e. The average Bonchev–Trinajstić information content (AvgIpc) is 2.56. The molecule has 0 atom stereocenters. The van der Waals surface area contributed by atoms with Crippen LogP contribution in [0.1, 0.15) is 5.56 Å². The normalized spacial score (nSPS) is 10.4. The molecule has 3 aromatic rings. The van der Waals surface area contributed by atoms with E-state index in [1.807, 2.05) is 24.3 Å². The van der Waals surface area contributed by atoms with Gasteiger partial charge in [0.15, 0.2) is 0 Å². The molecule has 0 aliphatic rings. The van der Waals surface area contributed by atoms with E-state index in [0.717, 1.165) is 22.4 Å². The minimum absolute atomic E-state index is 0.0646. The standard InChI is InChI=1S/C17H16N4O/c18-15-4-3-14(11-22)16(9-15)21-17-8-12(5-7-20-17)13-2-1-6-19-10-13/h1-10,22H,11,18H2,(H,20,21). The first-order valence-corrected chi connectivity index (χ1v) is 6.89. The van der Waals surface area contributed by atoms with Crippen LogP contribution in [0.3, 0.4) is 0 Å². The monoisotopic (exact) mass is 292 g/mol. The average molecular weight is 292 g/mol. The lowest BCUT2D eigenvalue weighted by Gasteiger charge is -2.11. The lowest BCUT2D eigenvalue weighted by Crippen LogP contribution is -1.99. The number of nitrogens with two attached hydrogens (primary N) is 1. The molecule has 0 aliphatic carbocycles. The molecule has 110 valence electrons. The van der Waals surface area contributed by atoms with Gasteiger partial charge in [-0.2, -0.15) is 0 Å². The zero-order valence-corrected chi connectivity index (χ0v) is 11.9. The summed E-state index contributed by atoms with van der Waals surface area (Å²) in [6, 6.07) is 13.1. The number of pyridine rings is 2. The van der Waals surface area contributed by atoms with Gasteiger partial charge in [0, 0.05) is 41.1 Å². The van der Waals surface area contributed by atoms with Crippen LogP contribution in [-0.4, -0.2) is 15.1 Å². The molecule has 3 rings (SSSR count). The predicted molar refractivity (Wildman–Crippen MR) is 87.5 cm³/mol. The van der Waals surface area contributed by atoms with Gasteiger partial charge in [-0.1, -0.05) is 12.1 Å². The quantitative estimate of drug-likeness (QED) is 0.644. The molecule has 0 fully saturated rings. The van der Waals surface area contributed by atoms with E-state index in [2.05, 4.69) is 15.3 Å². The second-order valence-electron chi connectivity index (χ2n) is 4.87. The van der Waals surface area contributed by atoms with Gasteiger partial charge >= 0.3 is 0 Å². The largest absolute Gasteiger partial charge is 0.399 e. The molecule has 0 bridgehead atoms. The van der Waals surface area contributed by atoms with E-state index in [0.29, 0.717) is 11.5 Å². The molecule has 0 amide bonds. The first-order chi connectivity index (χ1) is 10.8. The van der Waals surface area contributed by atoms with Crippen molar-refractivity contribution in [3.8, 4) is 11.1 Å². The maximum absolute atomic E-state index is 9.41. The molecule has 0 saturated carbocycles. The number of hydrogen-bond acceptors (Lipinski definition) is 5. The lowest BCUT2D eigenvalue weighted by atomic mass is 10.1. The molecule has 5 heteroatoms.